The van der Waals surface area contributed by atoms with Gasteiger partial charge in [-0.2, -0.15) is 5.10 Å². The Labute approximate surface area is 101 Å². The summed E-state index contributed by atoms with van der Waals surface area (Å²) in [7, 11) is 0. The normalized spacial score (nSPS) is 11.2. The molecule has 3 nitrogen and oxygen atoms in total. The third-order valence-electron chi connectivity index (χ3n) is 2.36. The molecule has 0 aliphatic rings. The third kappa shape index (κ3) is 4.34. The zero-order valence-corrected chi connectivity index (χ0v) is 11.2. The van der Waals surface area contributed by atoms with Gasteiger partial charge in [0.25, 0.3) is 0 Å². The molecule has 1 aromatic heterocycles. The van der Waals surface area contributed by atoms with Crippen LogP contribution in [0.25, 0.3) is 0 Å². The van der Waals surface area contributed by atoms with Gasteiger partial charge in [-0.3, -0.25) is 9.58 Å². The van der Waals surface area contributed by atoms with E-state index in [9.17, 15) is 0 Å². The smallest absolute Gasteiger partial charge is 0.0534 e. The predicted molar refractivity (Wildman–Crippen MR) is 67.3 cm³/mol. The molecular formula is C11H20BrN3. The molecule has 1 heterocycles. The molecule has 1 aromatic rings. The van der Waals surface area contributed by atoms with Crippen molar-refractivity contribution in [2.24, 2.45) is 0 Å². The summed E-state index contributed by atoms with van der Waals surface area (Å²) < 4.78 is 1.98. The molecule has 4 heteroatoms. The molecule has 0 spiro atoms. The second-order valence-electron chi connectivity index (χ2n) is 3.67. The van der Waals surface area contributed by atoms with Crippen molar-refractivity contribution in [1.82, 2.24) is 14.7 Å². The number of aromatic nitrogens is 2. The van der Waals surface area contributed by atoms with Gasteiger partial charge in [-0.05, 0) is 19.9 Å². The lowest BCUT2D eigenvalue weighted by atomic mass is 10.3. The van der Waals surface area contributed by atoms with Gasteiger partial charge in [-0.25, -0.2) is 0 Å². The van der Waals surface area contributed by atoms with Crippen molar-refractivity contribution < 1.29 is 0 Å². The van der Waals surface area contributed by atoms with Gasteiger partial charge in [0.15, 0.2) is 0 Å². The fourth-order valence-corrected chi connectivity index (χ4v) is 2.13. The fraction of sp³-hybridized carbons (Fsp3) is 0.727. The second-order valence-corrected chi connectivity index (χ2v) is 4.46. The van der Waals surface area contributed by atoms with Crippen molar-refractivity contribution in [3.8, 4) is 0 Å². The molecule has 0 fully saturated rings. The van der Waals surface area contributed by atoms with Gasteiger partial charge in [-0.1, -0.05) is 22.9 Å². The van der Waals surface area contributed by atoms with Crippen molar-refractivity contribution in [3.05, 3.63) is 18.0 Å². The van der Waals surface area contributed by atoms with Gasteiger partial charge < -0.3 is 0 Å². The highest BCUT2D eigenvalue weighted by Crippen LogP contribution is 2.05. The minimum Gasteiger partial charge on any atom is -0.298 e. The minimum atomic E-state index is 0.951. The van der Waals surface area contributed by atoms with Crippen molar-refractivity contribution >= 4 is 15.9 Å². The van der Waals surface area contributed by atoms with Crippen molar-refractivity contribution in [1.29, 1.82) is 0 Å². The monoisotopic (exact) mass is 273 g/mol. The largest absolute Gasteiger partial charge is 0.298 e. The maximum atomic E-state index is 4.29. The Morgan fingerprint density at radius 1 is 1.40 bits per heavy atom. The lowest BCUT2D eigenvalue weighted by Gasteiger charge is -2.19. The Morgan fingerprint density at radius 3 is 2.73 bits per heavy atom. The van der Waals surface area contributed by atoms with E-state index >= 15 is 0 Å². The summed E-state index contributed by atoms with van der Waals surface area (Å²) in [6.45, 7) is 8.55. The lowest BCUT2D eigenvalue weighted by molar-refractivity contribution is 0.283. The summed E-state index contributed by atoms with van der Waals surface area (Å²) in [4.78, 5) is 2.45. The zero-order valence-electron chi connectivity index (χ0n) is 9.62. The maximum Gasteiger partial charge on any atom is 0.0534 e. The molecular weight excluding hydrogens is 254 g/mol. The molecule has 0 saturated heterocycles. The van der Waals surface area contributed by atoms with Crippen LogP contribution in [-0.2, 0) is 13.1 Å². The topological polar surface area (TPSA) is 21.1 Å². The van der Waals surface area contributed by atoms with E-state index in [0.717, 1.165) is 31.5 Å². The number of alkyl halides is 1. The molecule has 0 unspecified atom stereocenters. The van der Waals surface area contributed by atoms with Crippen LogP contribution in [0.1, 0.15) is 25.8 Å². The molecule has 0 atom stereocenters. The molecule has 0 radical (unpaired) electrons. The first-order valence-electron chi connectivity index (χ1n) is 5.59. The van der Waals surface area contributed by atoms with Crippen LogP contribution < -0.4 is 0 Å². The number of hydrogen-bond donors (Lipinski definition) is 0. The summed E-state index contributed by atoms with van der Waals surface area (Å²) in [5.74, 6) is 0. The second kappa shape index (κ2) is 7.01. The predicted octanol–water partition coefficient (Wildman–Crippen LogP) is 2.51. The van der Waals surface area contributed by atoms with Crippen LogP contribution in [-0.4, -0.2) is 33.1 Å². The highest BCUT2D eigenvalue weighted by Gasteiger charge is 2.05. The van der Waals surface area contributed by atoms with E-state index in [2.05, 4.69) is 46.0 Å². The Kier molecular flexibility index (Phi) is 5.95. The Bertz CT molecular complexity index is 267. The standard InChI is InChI=1S/C11H20BrN3/c1-3-6-14(7-5-12)9-11-8-13-15(4-2)10-11/h8,10H,3-7,9H2,1-2H3. The van der Waals surface area contributed by atoms with Crippen LogP contribution in [0.2, 0.25) is 0 Å². The van der Waals surface area contributed by atoms with Crippen molar-refractivity contribution in [2.75, 3.05) is 18.4 Å². The minimum absolute atomic E-state index is 0.951. The first-order valence-corrected chi connectivity index (χ1v) is 6.72. The van der Waals surface area contributed by atoms with E-state index in [-0.39, 0.29) is 0 Å². The van der Waals surface area contributed by atoms with E-state index < -0.39 is 0 Å². The van der Waals surface area contributed by atoms with Gasteiger partial charge >= 0.3 is 0 Å². The van der Waals surface area contributed by atoms with Gasteiger partial charge in [0.05, 0.1) is 6.20 Å². The number of aryl methyl sites for hydroxylation is 1. The number of rotatable bonds is 7. The van der Waals surface area contributed by atoms with Crippen LogP contribution in [0.15, 0.2) is 12.4 Å². The summed E-state index contributed by atoms with van der Waals surface area (Å²) in [6, 6.07) is 0. The van der Waals surface area contributed by atoms with Crippen molar-refractivity contribution in [3.63, 3.8) is 0 Å². The van der Waals surface area contributed by atoms with E-state index in [4.69, 9.17) is 0 Å². The summed E-state index contributed by atoms with van der Waals surface area (Å²) >= 11 is 3.49. The number of halogens is 1. The Hall–Kier alpha value is -0.350. The summed E-state index contributed by atoms with van der Waals surface area (Å²) in [6.07, 6.45) is 5.31. The molecule has 0 bridgehead atoms. The number of nitrogens with zero attached hydrogens (tertiary/aromatic N) is 3. The highest BCUT2D eigenvalue weighted by atomic mass is 79.9. The SMILES string of the molecule is CCCN(CCBr)Cc1cnn(CC)c1. The lowest BCUT2D eigenvalue weighted by Crippen LogP contribution is -2.25. The highest BCUT2D eigenvalue weighted by molar-refractivity contribution is 9.09. The molecule has 0 saturated carbocycles. The Morgan fingerprint density at radius 2 is 2.20 bits per heavy atom. The van der Waals surface area contributed by atoms with Gasteiger partial charge in [0.2, 0.25) is 0 Å². The molecule has 1 rings (SSSR count). The first kappa shape index (κ1) is 12.7. The van der Waals surface area contributed by atoms with Gasteiger partial charge in [-0.15, -0.1) is 0 Å². The number of hydrogen-bond acceptors (Lipinski definition) is 2. The van der Waals surface area contributed by atoms with Crippen LogP contribution >= 0.6 is 15.9 Å². The van der Waals surface area contributed by atoms with Crippen LogP contribution in [0.4, 0.5) is 0 Å². The average Bonchev–Trinajstić information content (AvgIpc) is 2.66. The fourth-order valence-electron chi connectivity index (χ4n) is 1.62. The van der Waals surface area contributed by atoms with Crippen LogP contribution in [0, 0.1) is 0 Å². The van der Waals surface area contributed by atoms with Gasteiger partial charge in [0, 0.05) is 36.7 Å². The quantitative estimate of drug-likeness (QED) is 0.712. The zero-order chi connectivity index (χ0) is 11.1. The van der Waals surface area contributed by atoms with E-state index in [1.165, 1.54) is 12.0 Å². The van der Waals surface area contributed by atoms with Crippen LogP contribution in [0.5, 0.6) is 0 Å². The summed E-state index contributed by atoms with van der Waals surface area (Å²) in [5.41, 5.74) is 1.31. The Balaban J connectivity index is 2.48. The molecule has 15 heavy (non-hydrogen) atoms. The van der Waals surface area contributed by atoms with E-state index in [0.29, 0.717) is 0 Å². The molecule has 0 aromatic carbocycles. The summed E-state index contributed by atoms with van der Waals surface area (Å²) in [5, 5.41) is 5.32. The molecule has 0 amide bonds. The average molecular weight is 274 g/mol. The van der Waals surface area contributed by atoms with Crippen LogP contribution in [0.3, 0.4) is 0 Å². The maximum absolute atomic E-state index is 4.29. The molecule has 0 aliphatic carbocycles. The van der Waals surface area contributed by atoms with Gasteiger partial charge in [0.1, 0.15) is 0 Å². The third-order valence-corrected chi connectivity index (χ3v) is 2.71. The molecule has 86 valence electrons. The first-order chi connectivity index (χ1) is 7.30. The molecule has 0 N–H and O–H groups in total. The van der Waals surface area contributed by atoms with Crippen molar-refractivity contribution in [2.45, 2.75) is 33.4 Å². The molecule has 0 aliphatic heterocycles. The van der Waals surface area contributed by atoms with E-state index in [1.54, 1.807) is 0 Å². The van der Waals surface area contributed by atoms with E-state index in [1.807, 2.05) is 10.9 Å².